The lowest BCUT2D eigenvalue weighted by Crippen LogP contribution is -1.98. The molecule has 3 N–H and O–H groups in total. The summed E-state index contributed by atoms with van der Waals surface area (Å²) >= 11 is 0. The minimum absolute atomic E-state index is 0.0223. The Hall–Kier alpha value is -5.88. The van der Waals surface area contributed by atoms with Gasteiger partial charge in [0.25, 0.3) is 0 Å². The largest absolute Gasteiger partial charge is 0.504 e. The predicted octanol–water partition coefficient (Wildman–Crippen LogP) is 9.00. The molecule has 0 radical (unpaired) electrons. The maximum Gasteiger partial charge on any atom is 0.162 e. The van der Waals surface area contributed by atoms with E-state index in [2.05, 4.69) is 0 Å². The number of phenolic OH excluding ortho intramolecular Hbond substituents is 3. The Labute approximate surface area is 259 Å². The maximum atomic E-state index is 11.1. The summed E-state index contributed by atoms with van der Waals surface area (Å²) in [5.41, 5.74) is 2.90. The fraction of sp³-hybridized carbons (Fsp3) is 0.0769. The van der Waals surface area contributed by atoms with Crippen LogP contribution in [0.1, 0.15) is 16.7 Å². The number of aromatic hydroxyl groups is 3. The molecule has 0 saturated heterocycles. The molecule has 45 heavy (non-hydrogen) atoms. The fourth-order valence-corrected chi connectivity index (χ4v) is 5.59. The number of fused-ring (bicyclic) bond motifs is 6. The molecule has 6 nitrogen and oxygen atoms in total. The van der Waals surface area contributed by atoms with Crippen molar-refractivity contribution in [3.63, 3.8) is 0 Å². The molecule has 0 aromatic heterocycles. The molecule has 7 aromatic rings. The molecule has 0 fully saturated rings. The average Bonchev–Trinajstić information content (AvgIpc) is 3.07. The van der Waals surface area contributed by atoms with Gasteiger partial charge in [-0.1, -0.05) is 91.0 Å². The van der Waals surface area contributed by atoms with Gasteiger partial charge in [-0.2, -0.15) is 0 Å². The first-order valence-electron chi connectivity index (χ1n) is 14.7. The highest BCUT2D eigenvalue weighted by Gasteiger charge is 2.18. The number of rotatable bonds is 9. The Bertz CT molecular complexity index is 1850. The number of hydrogen-bond donors (Lipinski definition) is 3. The molecule has 0 bridgehead atoms. The minimum atomic E-state index is -0.0223. The highest BCUT2D eigenvalue weighted by atomic mass is 16.5. The molecule has 0 spiro atoms. The molecule has 222 valence electrons. The molecule has 7 aromatic carbocycles. The van der Waals surface area contributed by atoms with Gasteiger partial charge in [0.15, 0.2) is 34.5 Å². The van der Waals surface area contributed by atoms with Crippen molar-refractivity contribution in [1.82, 2.24) is 0 Å². The van der Waals surface area contributed by atoms with Crippen LogP contribution < -0.4 is 14.2 Å². The summed E-state index contributed by atoms with van der Waals surface area (Å²) < 4.78 is 18.2. The topological polar surface area (TPSA) is 88.4 Å². The Balaban J connectivity index is 1.37. The lowest BCUT2D eigenvalue weighted by molar-refractivity contribution is 0.289. The summed E-state index contributed by atoms with van der Waals surface area (Å²) in [5.74, 6) is 0.878. The second-order valence-corrected chi connectivity index (χ2v) is 10.9. The van der Waals surface area contributed by atoms with E-state index >= 15 is 0 Å². The predicted molar refractivity (Wildman–Crippen MR) is 176 cm³/mol. The van der Waals surface area contributed by atoms with Crippen LogP contribution in [0.15, 0.2) is 127 Å². The Morgan fingerprint density at radius 3 is 0.844 bits per heavy atom. The summed E-state index contributed by atoms with van der Waals surface area (Å²) in [4.78, 5) is 0. The van der Waals surface area contributed by atoms with Crippen molar-refractivity contribution in [1.29, 1.82) is 0 Å². The minimum Gasteiger partial charge on any atom is -0.504 e. The van der Waals surface area contributed by atoms with Crippen molar-refractivity contribution >= 4 is 32.3 Å². The molecule has 0 amide bonds. The Morgan fingerprint density at radius 2 is 0.578 bits per heavy atom. The summed E-state index contributed by atoms with van der Waals surface area (Å²) in [7, 11) is 0. The standard InChI is InChI=1S/C39H30O6/c40-34-16-28-31(19-37(34)43-22-25-10-4-1-5-11-25)29-17-35(41)39(45-24-27-14-8-3-9-15-27)21-33(29)30-18-36(42)38(20-32(28)30)44-23-26-12-6-2-7-13-26/h1-21,40-42H,22-24H2. The van der Waals surface area contributed by atoms with E-state index in [1.54, 1.807) is 36.4 Å². The van der Waals surface area contributed by atoms with E-state index in [-0.39, 0.29) is 37.1 Å². The van der Waals surface area contributed by atoms with E-state index in [9.17, 15) is 15.3 Å². The van der Waals surface area contributed by atoms with Gasteiger partial charge in [-0.05, 0) is 85.4 Å². The number of benzene rings is 7. The molecule has 0 heterocycles. The quantitative estimate of drug-likeness (QED) is 0.145. The second kappa shape index (κ2) is 12.0. The Kier molecular flexibility index (Phi) is 7.46. The van der Waals surface area contributed by atoms with Crippen molar-refractivity contribution in [3.8, 4) is 34.5 Å². The third-order valence-electron chi connectivity index (χ3n) is 7.88. The van der Waals surface area contributed by atoms with Crippen LogP contribution in [0, 0.1) is 0 Å². The highest BCUT2D eigenvalue weighted by molar-refractivity contribution is 6.26. The van der Waals surface area contributed by atoms with E-state index in [1.807, 2.05) is 91.0 Å². The molecule has 0 aliphatic carbocycles. The summed E-state index contributed by atoms with van der Waals surface area (Å²) in [5, 5.41) is 37.7. The third kappa shape index (κ3) is 5.74. The van der Waals surface area contributed by atoms with Gasteiger partial charge in [0.05, 0.1) is 0 Å². The summed E-state index contributed by atoms with van der Waals surface area (Å²) in [6.45, 7) is 0.832. The molecule has 6 heteroatoms. The molecule has 0 atom stereocenters. The zero-order chi connectivity index (χ0) is 30.8. The monoisotopic (exact) mass is 594 g/mol. The fourth-order valence-electron chi connectivity index (χ4n) is 5.59. The van der Waals surface area contributed by atoms with Crippen molar-refractivity contribution in [2.45, 2.75) is 19.8 Å². The molecule has 0 aliphatic rings. The van der Waals surface area contributed by atoms with Crippen molar-refractivity contribution in [2.75, 3.05) is 0 Å². The highest BCUT2D eigenvalue weighted by Crippen LogP contribution is 2.46. The summed E-state index contributed by atoms with van der Waals surface area (Å²) in [6, 6.07) is 39.5. The first-order chi connectivity index (χ1) is 22.0. The molecule has 7 rings (SSSR count). The number of phenols is 3. The SMILES string of the molecule is Oc1cc2c(cc1OCc1ccccc1)c1cc(O)c(OCc3ccccc3)cc1c1cc(O)c(OCc3ccccc3)cc21. The van der Waals surface area contributed by atoms with Crippen molar-refractivity contribution in [2.24, 2.45) is 0 Å². The third-order valence-corrected chi connectivity index (χ3v) is 7.88. The Morgan fingerprint density at radius 1 is 0.333 bits per heavy atom. The smallest absolute Gasteiger partial charge is 0.162 e. The maximum absolute atomic E-state index is 11.1. The van der Waals surface area contributed by atoms with Crippen LogP contribution >= 0.6 is 0 Å². The second-order valence-electron chi connectivity index (χ2n) is 10.9. The number of hydrogen-bond acceptors (Lipinski definition) is 6. The van der Waals surface area contributed by atoms with Gasteiger partial charge < -0.3 is 29.5 Å². The van der Waals surface area contributed by atoms with Gasteiger partial charge in [-0.25, -0.2) is 0 Å². The first kappa shape index (κ1) is 27.9. The van der Waals surface area contributed by atoms with E-state index in [4.69, 9.17) is 14.2 Å². The van der Waals surface area contributed by atoms with Crippen LogP contribution in [0.3, 0.4) is 0 Å². The van der Waals surface area contributed by atoms with Gasteiger partial charge >= 0.3 is 0 Å². The van der Waals surface area contributed by atoms with Crippen molar-refractivity contribution in [3.05, 3.63) is 144 Å². The first-order valence-corrected chi connectivity index (χ1v) is 14.7. The van der Waals surface area contributed by atoms with Crippen LogP contribution in [0.2, 0.25) is 0 Å². The summed E-state index contributed by atoms with van der Waals surface area (Å²) in [6.07, 6.45) is 0. The number of ether oxygens (including phenoxy) is 3. The van der Waals surface area contributed by atoms with Gasteiger partial charge in [-0.3, -0.25) is 0 Å². The lowest BCUT2D eigenvalue weighted by atomic mass is 9.93. The van der Waals surface area contributed by atoms with E-state index in [0.29, 0.717) is 33.4 Å². The van der Waals surface area contributed by atoms with Gasteiger partial charge in [0.1, 0.15) is 19.8 Å². The van der Waals surface area contributed by atoms with Crippen LogP contribution in [0.4, 0.5) is 0 Å². The van der Waals surface area contributed by atoms with E-state index < -0.39 is 0 Å². The normalized spacial score (nSPS) is 11.2. The zero-order valence-corrected chi connectivity index (χ0v) is 24.3. The van der Waals surface area contributed by atoms with Crippen LogP contribution in [-0.4, -0.2) is 15.3 Å². The van der Waals surface area contributed by atoms with E-state index in [0.717, 1.165) is 32.8 Å². The van der Waals surface area contributed by atoms with Gasteiger partial charge in [0.2, 0.25) is 0 Å². The molecular formula is C39H30O6. The molecular weight excluding hydrogens is 564 g/mol. The van der Waals surface area contributed by atoms with Crippen LogP contribution in [0.25, 0.3) is 32.3 Å². The lowest BCUT2D eigenvalue weighted by Gasteiger charge is -2.17. The average molecular weight is 595 g/mol. The van der Waals surface area contributed by atoms with Gasteiger partial charge in [-0.15, -0.1) is 0 Å². The molecule has 0 unspecified atom stereocenters. The zero-order valence-electron chi connectivity index (χ0n) is 24.3. The molecule has 0 aliphatic heterocycles. The molecule has 0 saturated carbocycles. The van der Waals surface area contributed by atoms with Gasteiger partial charge in [0, 0.05) is 0 Å². The van der Waals surface area contributed by atoms with E-state index in [1.165, 1.54) is 0 Å². The van der Waals surface area contributed by atoms with Crippen LogP contribution in [-0.2, 0) is 19.8 Å². The van der Waals surface area contributed by atoms with Crippen molar-refractivity contribution < 1.29 is 29.5 Å². The van der Waals surface area contributed by atoms with Crippen LogP contribution in [0.5, 0.6) is 34.5 Å².